The summed E-state index contributed by atoms with van der Waals surface area (Å²) in [5.74, 6) is 0.323. The van der Waals surface area contributed by atoms with Crippen LogP contribution in [0, 0.1) is 0 Å². The van der Waals surface area contributed by atoms with Gasteiger partial charge >= 0.3 is 0 Å². The first-order chi connectivity index (χ1) is 16.0. The zero-order valence-electron chi connectivity index (χ0n) is 17.6. The molecule has 33 heavy (non-hydrogen) atoms. The Morgan fingerprint density at radius 3 is 2.45 bits per heavy atom. The lowest BCUT2D eigenvalue weighted by molar-refractivity contribution is -0.114. The first-order valence-corrected chi connectivity index (χ1v) is 11.1. The second-order valence-corrected chi connectivity index (χ2v) is 8.46. The molecule has 0 spiro atoms. The van der Waals surface area contributed by atoms with E-state index in [0.717, 1.165) is 44.9 Å². The monoisotopic (exact) mass is 453 g/mol. The summed E-state index contributed by atoms with van der Waals surface area (Å²) in [5.41, 5.74) is 5.62. The quantitative estimate of drug-likeness (QED) is 0.324. The molecule has 2 amide bonds. The number of aromatic nitrogens is 3. The van der Waals surface area contributed by atoms with Gasteiger partial charge in [-0.3, -0.25) is 9.59 Å². The molecule has 0 saturated heterocycles. The van der Waals surface area contributed by atoms with E-state index in [9.17, 15) is 9.59 Å². The lowest BCUT2D eigenvalue weighted by Crippen LogP contribution is -2.10. The predicted octanol–water partition coefficient (Wildman–Crippen LogP) is 5.56. The van der Waals surface area contributed by atoms with Gasteiger partial charge in [-0.1, -0.05) is 59.9 Å². The number of fused-ring (bicyclic) bond motifs is 1. The van der Waals surface area contributed by atoms with Gasteiger partial charge in [0.1, 0.15) is 10.7 Å². The number of para-hydroxylation sites is 2. The van der Waals surface area contributed by atoms with Gasteiger partial charge in [0.05, 0.1) is 17.2 Å². The average Bonchev–Trinajstić information content (AvgIpc) is 3.46. The molecule has 5 rings (SSSR count). The molecule has 8 heteroatoms. The second kappa shape index (κ2) is 8.68. The van der Waals surface area contributed by atoms with Gasteiger partial charge in [0, 0.05) is 18.2 Å². The van der Waals surface area contributed by atoms with Gasteiger partial charge in [0.2, 0.25) is 5.91 Å². The van der Waals surface area contributed by atoms with E-state index in [2.05, 4.69) is 25.6 Å². The standard InChI is InChI=1S/C25H19N5O2S/c1-15(31)27-25-26-14-22(33-25)24(32)28-19-6-4-5-18(13-19)16-9-11-17(12-10-16)23-29-20-7-2-3-8-21(20)30-23/h2-14H,1H3,(H,28,32)(H,29,30)(H,26,27,31). The molecule has 0 aliphatic heterocycles. The largest absolute Gasteiger partial charge is 0.338 e. The van der Waals surface area contributed by atoms with Crippen molar-refractivity contribution in [3.05, 3.63) is 83.9 Å². The number of nitrogens with zero attached hydrogens (tertiary/aromatic N) is 2. The van der Waals surface area contributed by atoms with E-state index in [-0.39, 0.29) is 11.8 Å². The number of amides is 2. The molecule has 7 nitrogen and oxygen atoms in total. The normalized spacial score (nSPS) is 10.8. The fourth-order valence-electron chi connectivity index (χ4n) is 3.47. The third-order valence-corrected chi connectivity index (χ3v) is 5.93. The number of aromatic amines is 1. The van der Waals surface area contributed by atoms with E-state index in [1.807, 2.05) is 72.8 Å². The predicted molar refractivity (Wildman–Crippen MR) is 131 cm³/mol. The van der Waals surface area contributed by atoms with Crippen molar-refractivity contribution in [3.63, 3.8) is 0 Å². The van der Waals surface area contributed by atoms with E-state index < -0.39 is 0 Å². The number of imidazole rings is 1. The Hall–Kier alpha value is -4.30. The van der Waals surface area contributed by atoms with Crippen LogP contribution in [-0.4, -0.2) is 26.8 Å². The highest BCUT2D eigenvalue weighted by Gasteiger charge is 2.12. The topological polar surface area (TPSA) is 99.8 Å². The third kappa shape index (κ3) is 4.51. The number of hydrogen-bond acceptors (Lipinski definition) is 5. The molecule has 5 aromatic rings. The molecule has 0 bridgehead atoms. The summed E-state index contributed by atoms with van der Waals surface area (Å²) >= 11 is 1.13. The van der Waals surface area contributed by atoms with Crippen LogP contribution in [0.1, 0.15) is 16.6 Å². The minimum Gasteiger partial charge on any atom is -0.338 e. The molecule has 3 aromatic carbocycles. The summed E-state index contributed by atoms with van der Waals surface area (Å²) in [7, 11) is 0. The highest BCUT2D eigenvalue weighted by molar-refractivity contribution is 7.17. The summed E-state index contributed by atoms with van der Waals surface area (Å²) in [4.78, 5) is 36.2. The van der Waals surface area contributed by atoms with E-state index in [0.29, 0.717) is 15.7 Å². The van der Waals surface area contributed by atoms with Crippen LogP contribution in [0.2, 0.25) is 0 Å². The maximum absolute atomic E-state index is 12.6. The van der Waals surface area contributed by atoms with Crippen LogP contribution in [0.4, 0.5) is 10.8 Å². The summed E-state index contributed by atoms with van der Waals surface area (Å²) < 4.78 is 0. The molecule has 0 aliphatic rings. The maximum atomic E-state index is 12.6. The summed E-state index contributed by atoms with van der Waals surface area (Å²) in [6.07, 6.45) is 1.45. The van der Waals surface area contributed by atoms with Gasteiger partial charge in [-0.2, -0.15) is 0 Å². The van der Waals surface area contributed by atoms with Crippen molar-refractivity contribution in [1.82, 2.24) is 15.0 Å². The minimum atomic E-state index is -0.276. The maximum Gasteiger partial charge on any atom is 0.267 e. The summed E-state index contributed by atoms with van der Waals surface area (Å²) in [5, 5.41) is 5.87. The lowest BCUT2D eigenvalue weighted by atomic mass is 10.0. The molecule has 0 saturated carbocycles. The van der Waals surface area contributed by atoms with Crippen molar-refractivity contribution in [1.29, 1.82) is 0 Å². The van der Waals surface area contributed by atoms with Gasteiger partial charge in [0.15, 0.2) is 5.13 Å². The Bertz CT molecular complexity index is 1440. The van der Waals surface area contributed by atoms with Crippen LogP contribution in [0.25, 0.3) is 33.5 Å². The molecule has 162 valence electrons. The van der Waals surface area contributed by atoms with Crippen molar-refractivity contribution in [2.24, 2.45) is 0 Å². The Balaban J connectivity index is 1.32. The summed E-state index contributed by atoms with van der Waals surface area (Å²) in [6, 6.07) is 23.7. The fraction of sp³-hybridized carbons (Fsp3) is 0.0400. The van der Waals surface area contributed by atoms with Crippen LogP contribution >= 0.6 is 11.3 Å². The molecule has 3 N–H and O–H groups in total. The van der Waals surface area contributed by atoms with Crippen LogP contribution in [-0.2, 0) is 4.79 Å². The number of carbonyl (C=O) groups excluding carboxylic acids is 2. The average molecular weight is 454 g/mol. The number of rotatable bonds is 5. The number of H-pyrrole nitrogens is 1. The highest BCUT2D eigenvalue weighted by atomic mass is 32.1. The lowest BCUT2D eigenvalue weighted by Gasteiger charge is -2.07. The second-order valence-electron chi connectivity index (χ2n) is 7.43. The molecular weight excluding hydrogens is 434 g/mol. The smallest absolute Gasteiger partial charge is 0.267 e. The van der Waals surface area contributed by atoms with Crippen molar-refractivity contribution in [2.75, 3.05) is 10.6 Å². The first-order valence-electron chi connectivity index (χ1n) is 10.3. The molecule has 2 heterocycles. The molecule has 0 fully saturated rings. The Morgan fingerprint density at radius 1 is 0.879 bits per heavy atom. The third-order valence-electron chi connectivity index (χ3n) is 5.01. The van der Waals surface area contributed by atoms with Gasteiger partial charge in [-0.05, 0) is 35.4 Å². The van der Waals surface area contributed by atoms with Crippen molar-refractivity contribution >= 4 is 45.0 Å². The fourth-order valence-corrected chi connectivity index (χ4v) is 4.22. The Labute approximate surface area is 193 Å². The number of hydrogen-bond donors (Lipinski definition) is 3. The molecule has 0 unspecified atom stereocenters. The molecular formula is C25H19N5O2S. The number of thiazole rings is 1. The summed E-state index contributed by atoms with van der Waals surface area (Å²) in [6.45, 7) is 1.40. The van der Waals surface area contributed by atoms with Crippen LogP contribution in [0.5, 0.6) is 0 Å². The minimum absolute atomic E-state index is 0.227. The number of benzene rings is 3. The molecule has 0 aliphatic carbocycles. The molecule has 0 atom stereocenters. The Kier molecular flexibility index (Phi) is 5.42. The molecule has 2 aromatic heterocycles. The first kappa shape index (κ1) is 20.6. The number of nitrogens with one attached hydrogen (secondary N) is 3. The van der Waals surface area contributed by atoms with Crippen molar-refractivity contribution in [2.45, 2.75) is 6.92 Å². The van der Waals surface area contributed by atoms with Crippen LogP contribution in [0.3, 0.4) is 0 Å². The van der Waals surface area contributed by atoms with E-state index in [1.165, 1.54) is 13.1 Å². The van der Waals surface area contributed by atoms with Gasteiger partial charge in [0.25, 0.3) is 5.91 Å². The van der Waals surface area contributed by atoms with Crippen LogP contribution < -0.4 is 10.6 Å². The van der Waals surface area contributed by atoms with Crippen molar-refractivity contribution in [3.8, 4) is 22.5 Å². The van der Waals surface area contributed by atoms with Gasteiger partial charge in [-0.25, -0.2) is 9.97 Å². The zero-order valence-corrected chi connectivity index (χ0v) is 18.4. The van der Waals surface area contributed by atoms with Gasteiger partial charge in [-0.15, -0.1) is 0 Å². The van der Waals surface area contributed by atoms with E-state index in [4.69, 9.17) is 0 Å². The van der Waals surface area contributed by atoms with E-state index in [1.54, 1.807) is 0 Å². The van der Waals surface area contributed by atoms with E-state index >= 15 is 0 Å². The SMILES string of the molecule is CC(=O)Nc1ncc(C(=O)Nc2cccc(-c3ccc(-c4nc5ccccc5[nH]4)cc3)c2)s1. The molecule has 0 radical (unpaired) electrons. The highest BCUT2D eigenvalue weighted by Crippen LogP contribution is 2.27. The van der Waals surface area contributed by atoms with Gasteiger partial charge < -0.3 is 15.6 Å². The Morgan fingerprint density at radius 2 is 1.67 bits per heavy atom. The number of carbonyl (C=O) groups is 2. The number of anilines is 2. The van der Waals surface area contributed by atoms with Crippen LogP contribution in [0.15, 0.2) is 79.0 Å². The zero-order chi connectivity index (χ0) is 22.8. The van der Waals surface area contributed by atoms with Crippen molar-refractivity contribution < 1.29 is 9.59 Å².